The second-order valence-corrected chi connectivity index (χ2v) is 6.68. The van der Waals surface area contributed by atoms with Gasteiger partial charge in [-0.05, 0) is 64.5 Å². The Morgan fingerprint density at radius 2 is 1.71 bits per heavy atom. The van der Waals surface area contributed by atoms with Gasteiger partial charge in [0.25, 0.3) is 0 Å². The number of hydrogen-bond donors (Lipinski definition) is 1. The summed E-state index contributed by atoms with van der Waals surface area (Å²) in [5.74, 6) is 0.430. The predicted molar refractivity (Wildman–Crippen MR) is 91.1 cm³/mol. The fraction of sp³-hybridized carbons (Fsp3) is 0.333. The SMILES string of the molecule is CC(C)Cc1ccc(C(C)Nc2ccc(F)cc2Br)cc1. The lowest BCUT2D eigenvalue weighted by atomic mass is 10.00. The Morgan fingerprint density at radius 3 is 2.29 bits per heavy atom. The molecule has 0 amide bonds. The first-order valence-corrected chi connectivity index (χ1v) is 8.05. The lowest BCUT2D eigenvalue weighted by Crippen LogP contribution is -2.07. The van der Waals surface area contributed by atoms with Crippen LogP contribution in [-0.4, -0.2) is 0 Å². The highest BCUT2D eigenvalue weighted by atomic mass is 79.9. The summed E-state index contributed by atoms with van der Waals surface area (Å²) in [6.07, 6.45) is 1.10. The summed E-state index contributed by atoms with van der Waals surface area (Å²) in [5.41, 5.74) is 3.48. The number of halogens is 2. The van der Waals surface area contributed by atoms with E-state index in [1.54, 1.807) is 6.07 Å². The van der Waals surface area contributed by atoms with Gasteiger partial charge in [0.05, 0.1) is 0 Å². The van der Waals surface area contributed by atoms with Crippen LogP contribution in [0.15, 0.2) is 46.9 Å². The molecule has 0 aromatic heterocycles. The van der Waals surface area contributed by atoms with E-state index in [2.05, 4.69) is 66.3 Å². The van der Waals surface area contributed by atoms with Gasteiger partial charge in [0.1, 0.15) is 5.82 Å². The highest BCUT2D eigenvalue weighted by Crippen LogP contribution is 2.27. The topological polar surface area (TPSA) is 12.0 Å². The first kappa shape index (κ1) is 16.0. The standard InChI is InChI=1S/C18H21BrFN/c1-12(2)10-14-4-6-15(7-5-14)13(3)21-18-9-8-16(20)11-17(18)19/h4-9,11-13,21H,10H2,1-3H3. The van der Waals surface area contributed by atoms with E-state index in [-0.39, 0.29) is 11.9 Å². The van der Waals surface area contributed by atoms with Crippen LogP contribution in [0.25, 0.3) is 0 Å². The summed E-state index contributed by atoms with van der Waals surface area (Å²) in [6, 6.07) is 13.6. The Labute approximate surface area is 134 Å². The predicted octanol–water partition coefficient (Wildman–Crippen LogP) is 5.96. The van der Waals surface area contributed by atoms with Gasteiger partial charge in [-0.3, -0.25) is 0 Å². The molecule has 2 aromatic rings. The smallest absolute Gasteiger partial charge is 0.124 e. The van der Waals surface area contributed by atoms with Crippen LogP contribution in [0.1, 0.15) is 37.9 Å². The Hall–Kier alpha value is -1.35. The molecule has 0 aliphatic carbocycles. The first-order valence-electron chi connectivity index (χ1n) is 7.26. The van der Waals surface area contributed by atoms with Gasteiger partial charge in [0.2, 0.25) is 0 Å². The van der Waals surface area contributed by atoms with Gasteiger partial charge in [-0.1, -0.05) is 38.1 Å². The molecule has 0 radical (unpaired) electrons. The molecular weight excluding hydrogens is 329 g/mol. The monoisotopic (exact) mass is 349 g/mol. The highest BCUT2D eigenvalue weighted by molar-refractivity contribution is 9.10. The van der Waals surface area contributed by atoms with E-state index >= 15 is 0 Å². The molecule has 3 heteroatoms. The number of hydrogen-bond acceptors (Lipinski definition) is 1. The van der Waals surface area contributed by atoms with Crippen LogP contribution >= 0.6 is 15.9 Å². The summed E-state index contributed by atoms with van der Waals surface area (Å²) < 4.78 is 13.8. The zero-order chi connectivity index (χ0) is 15.4. The molecule has 1 atom stereocenters. The minimum atomic E-state index is -0.238. The van der Waals surface area contributed by atoms with E-state index in [0.29, 0.717) is 5.92 Å². The van der Waals surface area contributed by atoms with Gasteiger partial charge in [-0.2, -0.15) is 0 Å². The van der Waals surface area contributed by atoms with E-state index in [0.717, 1.165) is 16.6 Å². The van der Waals surface area contributed by atoms with Crippen LogP contribution in [0, 0.1) is 11.7 Å². The molecule has 112 valence electrons. The van der Waals surface area contributed by atoms with Crippen LogP contribution in [0.5, 0.6) is 0 Å². The van der Waals surface area contributed by atoms with Gasteiger partial charge in [0.15, 0.2) is 0 Å². The summed E-state index contributed by atoms with van der Waals surface area (Å²) in [7, 11) is 0. The molecule has 1 N–H and O–H groups in total. The Balaban J connectivity index is 2.07. The second kappa shape index (κ2) is 7.08. The molecule has 0 aliphatic rings. The zero-order valence-electron chi connectivity index (χ0n) is 12.7. The summed E-state index contributed by atoms with van der Waals surface area (Å²) in [5, 5.41) is 3.40. The molecule has 0 bridgehead atoms. The third-order valence-electron chi connectivity index (χ3n) is 3.43. The molecular formula is C18H21BrFN. The van der Waals surface area contributed by atoms with Crippen LogP contribution in [0.3, 0.4) is 0 Å². The zero-order valence-corrected chi connectivity index (χ0v) is 14.2. The quantitative estimate of drug-likeness (QED) is 0.702. The maximum atomic E-state index is 13.1. The molecule has 0 spiro atoms. The minimum absolute atomic E-state index is 0.167. The maximum Gasteiger partial charge on any atom is 0.124 e. The van der Waals surface area contributed by atoms with Crippen molar-refractivity contribution in [1.29, 1.82) is 0 Å². The van der Waals surface area contributed by atoms with Gasteiger partial charge < -0.3 is 5.32 Å². The molecule has 0 saturated heterocycles. The Bertz CT molecular complexity index is 593. The second-order valence-electron chi connectivity index (χ2n) is 5.83. The van der Waals surface area contributed by atoms with Gasteiger partial charge >= 0.3 is 0 Å². The fourth-order valence-electron chi connectivity index (χ4n) is 2.34. The van der Waals surface area contributed by atoms with Crippen molar-refractivity contribution in [1.82, 2.24) is 0 Å². The van der Waals surface area contributed by atoms with Crippen LogP contribution < -0.4 is 5.32 Å². The number of benzene rings is 2. The van der Waals surface area contributed by atoms with Crippen molar-refractivity contribution in [3.8, 4) is 0 Å². The minimum Gasteiger partial charge on any atom is -0.378 e. The van der Waals surface area contributed by atoms with Crippen LogP contribution in [0.2, 0.25) is 0 Å². The Morgan fingerprint density at radius 1 is 1.05 bits per heavy atom. The average Bonchev–Trinajstić information content (AvgIpc) is 2.42. The van der Waals surface area contributed by atoms with Crippen molar-refractivity contribution in [3.05, 3.63) is 63.9 Å². The highest BCUT2D eigenvalue weighted by Gasteiger charge is 2.08. The lowest BCUT2D eigenvalue weighted by Gasteiger charge is -2.17. The van der Waals surface area contributed by atoms with Crippen LogP contribution in [-0.2, 0) is 6.42 Å². The largest absolute Gasteiger partial charge is 0.378 e. The van der Waals surface area contributed by atoms with Crippen molar-refractivity contribution in [2.45, 2.75) is 33.2 Å². The lowest BCUT2D eigenvalue weighted by molar-refractivity contribution is 0.627. The van der Waals surface area contributed by atoms with Gasteiger partial charge in [-0.15, -0.1) is 0 Å². The van der Waals surface area contributed by atoms with Crippen molar-refractivity contribution in [2.75, 3.05) is 5.32 Å². The Kier molecular flexibility index (Phi) is 5.40. The third-order valence-corrected chi connectivity index (χ3v) is 4.08. The van der Waals surface area contributed by atoms with Gasteiger partial charge in [-0.25, -0.2) is 4.39 Å². The molecule has 1 unspecified atom stereocenters. The van der Waals surface area contributed by atoms with E-state index in [1.807, 2.05) is 0 Å². The van der Waals surface area contributed by atoms with Gasteiger partial charge in [0, 0.05) is 16.2 Å². The molecule has 21 heavy (non-hydrogen) atoms. The van der Waals surface area contributed by atoms with E-state index in [9.17, 15) is 4.39 Å². The van der Waals surface area contributed by atoms with E-state index in [1.165, 1.54) is 23.3 Å². The molecule has 0 saturated carbocycles. The van der Waals surface area contributed by atoms with E-state index < -0.39 is 0 Å². The van der Waals surface area contributed by atoms with Crippen molar-refractivity contribution in [3.63, 3.8) is 0 Å². The molecule has 1 nitrogen and oxygen atoms in total. The summed E-state index contributed by atoms with van der Waals surface area (Å²) in [6.45, 7) is 6.56. The molecule has 0 aliphatic heterocycles. The molecule has 0 heterocycles. The third kappa shape index (κ3) is 4.57. The number of nitrogens with one attached hydrogen (secondary N) is 1. The molecule has 2 rings (SSSR count). The maximum absolute atomic E-state index is 13.1. The number of rotatable bonds is 5. The van der Waals surface area contributed by atoms with Crippen molar-refractivity contribution >= 4 is 21.6 Å². The van der Waals surface area contributed by atoms with E-state index in [4.69, 9.17) is 0 Å². The van der Waals surface area contributed by atoms with Crippen LogP contribution in [0.4, 0.5) is 10.1 Å². The summed E-state index contributed by atoms with van der Waals surface area (Å²) >= 11 is 3.38. The first-order chi connectivity index (χ1) is 9.95. The fourth-order valence-corrected chi connectivity index (χ4v) is 2.80. The normalized spacial score (nSPS) is 12.5. The van der Waals surface area contributed by atoms with Crippen molar-refractivity contribution < 1.29 is 4.39 Å². The molecule has 2 aromatic carbocycles. The van der Waals surface area contributed by atoms with Crippen molar-refractivity contribution in [2.24, 2.45) is 5.92 Å². The average molecular weight is 350 g/mol. The molecule has 0 fully saturated rings. The number of anilines is 1. The summed E-state index contributed by atoms with van der Waals surface area (Å²) in [4.78, 5) is 0.